The monoisotopic (exact) mass is 285 g/mol. The molecule has 0 radical (unpaired) electrons. The molecule has 0 unspecified atom stereocenters. The molecular formula is C18H23NO2. The number of ether oxygens (including phenoxy) is 2. The van der Waals surface area contributed by atoms with Crippen LogP contribution in [0.15, 0.2) is 42.5 Å². The lowest BCUT2D eigenvalue weighted by Crippen LogP contribution is -2.03. The average molecular weight is 285 g/mol. The van der Waals surface area contributed by atoms with E-state index >= 15 is 0 Å². The van der Waals surface area contributed by atoms with Gasteiger partial charge in [-0.25, -0.2) is 0 Å². The van der Waals surface area contributed by atoms with Crippen LogP contribution in [0.2, 0.25) is 0 Å². The van der Waals surface area contributed by atoms with Crippen molar-refractivity contribution in [2.45, 2.75) is 26.4 Å². The second kappa shape index (κ2) is 7.70. The van der Waals surface area contributed by atoms with Gasteiger partial charge in [-0.1, -0.05) is 37.3 Å². The van der Waals surface area contributed by atoms with Crippen LogP contribution in [-0.2, 0) is 19.4 Å². The summed E-state index contributed by atoms with van der Waals surface area (Å²) in [5.74, 6) is 1.56. The van der Waals surface area contributed by atoms with E-state index in [-0.39, 0.29) is 0 Å². The molecule has 2 aromatic carbocycles. The van der Waals surface area contributed by atoms with Gasteiger partial charge < -0.3 is 15.2 Å². The average Bonchev–Trinajstić information content (AvgIpc) is 2.54. The Balaban J connectivity index is 2.02. The van der Waals surface area contributed by atoms with E-state index in [4.69, 9.17) is 15.2 Å². The van der Waals surface area contributed by atoms with Crippen LogP contribution in [0.25, 0.3) is 0 Å². The standard InChI is InChI=1S/C18H23NO2/c1-3-14-8-9-17(18(12-14)20-2)21-13-16-6-4-15(5-7-16)10-11-19/h4-9,12H,3,10-11,13,19H2,1-2H3. The van der Waals surface area contributed by atoms with Crippen molar-refractivity contribution in [2.75, 3.05) is 13.7 Å². The number of methoxy groups -OCH3 is 1. The van der Waals surface area contributed by atoms with Crippen LogP contribution >= 0.6 is 0 Å². The highest BCUT2D eigenvalue weighted by Crippen LogP contribution is 2.29. The van der Waals surface area contributed by atoms with Crippen LogP contribution in [0.1, 0.15) is 23.6 Å². The van der Waals surface area contributed by atoms with Crippen LogP contribution in [-0.4, -0.2) is 13.7 Å². The zero-order chi connectivity index (χ0) is 15.1. The first-order chi connectivity index (χ1) is 10.3. The van der Waals surface area contributed by atoms with Crippen molar-refractivity contribution in [1.29, 1.82) is 0 Å². The van der Waals surface area contributed by atoms with Gasteiger partial charge in [0.1, 0.15) is 6.61 Å². The van der Waals surface area contributed by atoms with Gasteiger partial charge in [0.05, 0.1) is 7.11 Å². The van der Waals surface area contributed by atoms with Gasteiger partial charge in [-0.05, 0) is 48.2 Å². The van der Waals surface area contributed by atoms with Crippen LogP contribution < -0.4 is 15.2 Å². The quantitative estimate of drug-likeness (QED) is 0.848. The van der Waals surface area contributed by atoms with E-state index in [0.29, 0.717) is 13.2 Å². The Kier molecular flexibility index (Phi) is 5.64. The summed E-state index contributed by atoms with van der Waals surface area (Å²) in [6, 6.07) is 14.4. The Morgan fingerprint density at radius 1 is 0.905 bits per heavy atom. The normalized spacial score (nSPS) is 10.4. The minimum atomic E-state index is 0.532. The second-order valence-corrected chi connectivity index (χ2v) is 4.98. The minimum Gasteiger partial charge on any atom is -0.493 e. The molecule has 0 aliphatic heterocycles. The second-order valence-electron chi connectivity index (χ2n) is 4.98. The molecule has 0 aromatic heterocycles. The SMILES string of the molecule is CCc1ccc(OCc2ccc(CCN)cc2)c(OC)c1. The molecule has 0 fully saturated rings. The van der Waals surface area contributed by atoms with Crippen molar-refractivity contribution >= 4 is 0 Å². The highest BCUT2D eigenvalue weighted by molar-refractivity contribution is 5.43. The molecule has 0 aliphatic rings. The number of rotatable bonds is 7. The zero-order valence-electron chi connectivity index (χ0n) is 12.8. The molecule has 0 atom stereocenters. The van der Waals surface area contributed by atoms with E-state index in [1.54, 1.807) is 7.11 Å². The Morgan fingerprint density at radius 2 is 1.57 bits per heavy atom. The fraction of sp³-hybridized carbons (Fsp3) is 0.333. The number of benzene rings is 2. The molecule has 0 saturated carbocycles. The van der Waals surface area contributed by atoms with E-state index in [0.717, 1.165) is 29.9 Å². The van der Waals surface area contributed by atoms with E-state index < -0.39 is 0 Å². The van der Waals surface area contributed by atoms with E-state index in [1.807, 2.05) is 12.1 Å². The van der Waals surface area contributed by atoms with Crippen molar-refractivity contribution in [3.05, 3.63) is 59.2 Å². The smallest absolute Gasteiger partial charge is 0.161 e. The molecule has 0 heterocycles. The number of nitrogens with two attached hydrogens (primary N) is 1. The van der Waals surface area contributed by atoms with Crippen LogP contribution in [0, 0.1) is 0 Å². The lowest BCUT2D eigenvalue weighted by atomic mass is 10.1. The number of aryl methyl sites for hydroxylation is 1. The maximum absolute atomic E-state index is 5.86. The van der Waals surface area contributed by atoms with Gasteiger partial charge >= 0.3 is 0 Å². The first kappa shape index (κ1) is 15.4. The fourth-order valence-electron chi connectivity index (χ4n) is 2.18. The largest absolute Gasteiger partial charge is 0.493 e. The molecular weight excluding hydrogens is 262 g/mol. The molecule has 112 valence electrons. The van der Waals surface area contributed by atoms with Gasteiger partial charge in [-0.15, -0.1) is 0 Å². The summed E-state index contributed by atoms with van der Waals surface area (Å²) in [5.41, 5.74) is 9.18. The summed E-state index contributed by atoms with van der Waals surface area (Å²) in [4.78, 5) is 0. The van der Waals surface area contributed by atoms with Gasteiger partial charge in [0.15, 0.2) is 11.5 Å². The van der Waals surface area contributed by atoms with Crippen molar-refractivity contribution in [2.24, 2.45) is 5.73 Å². The molecule has 0 amide bonds. The highest BCUT2D eigenvalue weighted by Gasteiger charge is 2.05. The lowest BCUT2D eigenvalue weighted by Gasteiger charge is -2.12. The Bertz CT molecular complexity index is 564. The number of hydrogen-bond acceptors (Lipinski definition) is 3. The topological polar surface area (TPSA) is 44.5 Å². The lowest BCUT2D eigenvalue weighted by molar-refractivity contribution is 0.284. The molecule has 3 heteroatoms. The first-order valence-corrected chi connectivity index (χ1v) is 7.34. The van der Waals surface area contributed by atoms with Crippen LogP contribution in [0.5, 0.6) is 11.5 Å². The van der Waals surface area contributed by atoms with Crippen LogP contribution in [0.3, 0.4) is 0 Å². The predicted octanol–water partition coefficient (Wildman–Crippen LogP) is 3.34. The van der Waals surface area contributed by atoms with Gasteiger partial charge in [0.25, 0.3) is 0 Å². The zero-order valence-corrected chi connectivity index (χ0v) is 12.8. The molecule has 2 aromatic rings. The van der Waals surface area contributed by atoms with Crippen molar-refractivity contribution in [1.82, 2.24) is 0 Å². The first-order valence-electron chi connectivity index (χ1n) is 7.34. The Hall–Kier alpha value is -2.00. The molecule has 0 spiro atoms. The Morgan fingerprint density at radius 3 is 2.19 bits per heavy atom. The van der Waals surface area contributed by atoms with Crippen molar-refractivity contribution < 1.29 is 9.47 Å². The summed E-state index contributed by atoms with van der Waals surface area (Å²) < 4.78 is 11.3. The Labute approximate surface area is 126 Å². The molecule has 3 nitrogen and oxygen atoms in total. The molecule has 0 bridgehead atoms. The van der Waals surface area contributed by atoms with Gasteiger partial charge in [-0.3, -0.25) is 0 Å². The number of hydrogen-bond donors (Lipinski definition) is 1. The summed E-state index contributed by atoms with van der Waals surface area (Å²) in [6.07, 6.45) is 1.90. The fourth-order valence-corrected chi connectivity index (χ4v) is 2.18. The molecule has 0 saturated heterocycles. The summed E-state index contributed by atoms with van der Waals surface area (Å²) >= 11 is 0. The third-order valence-electron chi connectivity index (χ3n) is 3.49. The van der Waals surface area contributed by atoms with E-state index in [9.17, 15) is 0 Å². The molecule has 0 aliphatic carbocycles. The maximum Gasteiger partial charge on any atom is 0.161 e. The summed E-state index contributed by atoms with van der Waals surface area (Å²) in [6.45, 7) is 3.33. The third kappa shape index (κ3) is 4.23. The molecule has 21 heavy (non-hydrogen) atoms. The van der Waals surface area contributed by atoms with Gasteiger partial charge in [-0.2, -0.15) is 0 Å². The van der Waals surface area contributed by atoms with Crippen LogP contribution in [0.4, 0.5) is 0 Å². The van der Waals surface area contributed by atoms with Gasteiger partial charge in [0.2, 0.25) is 0 Å². The maximum atomic E-state index is 5.86. The predicted molar refractivity (Wildman–Crippen MR) is 85.9 cm³/mol. The molecule has 2 rings (SSSR count). The highest BCUT2D eigenvalue weighted by atomic mass is 16.5. The van der Waals surface area contributed by atoms with E-state index in [1.165, 1.54) is 11.1 Å². The van der Waals surface area contributed by atoms with E-state index in [2.05, 4.69) is 37.3 Å². The minimum absolute atomic E-state index is 0.532. The van der Waals surface area contributed by atoms with Crippen molar-refractivity contribution in [3.63, 3.8) is 0 Å². The summed E-state index contributed by atoms with van der Waals surface area (Å²) in [5, 5.41) is 0. The third-order valence-corrected chi connectivity index (χ3v) is 3.49. The summed E-state index contributed by atoms with van der Waals surface area (Å²) in [7, 11) is 1.67. The van der Waals surface area contributed by atoms with Crippen molar-refractivity contribution in [3.8, 4) is 11.5 Å². The molecule has 2 N–H and O–H groups in total. The van der Waals surface area contributed by atoms with Gasteiger partial charge in [0, 0.05) is 0 Å².